The van der Waals surface area contributed by atoms with Gasteiger partial charge in [-0.25, -0.2) is 23.2 Å². The van der Waals surface area contributed by atoms with Crippen LogP contribution in [0.3, 0.4) is 0 Å². The highest BCUT2D eigenvalue weighted by atomic mass is 32.2. The molecule has 0 saturated heterocycles. The van der Waals surface area contributed by atoms with Crippen molar-refractivity contribution in [2.24, 2.45) is 0 Å². The van der Waals surface area contributed by atoms with E-state index in [1.807, 2.05) is 6.07 Å². The van der Waals surface area contributed by atoms with Crippen LogP contribution in [-0.4, -0.2) is 70.5 Å². The lowest BCUT2D eigenvalue weighted by atomic mass is 10.00. The number of hydrogen-bond acceptors (Lipinski definition) is 10. The Balaban J connectivity index is 1.70. The zero-order chi connectivity index (χ0) is 35.3. The summed E-state index contributed by atoms with van der Waals surface area (Å²) in [6, 6.07) is 11.4. The minimum absolute atomic E-state index is 0.0894. The quantitative estimate of drug-likeness (QED) is 0.291. The number of ether oxygens (including phenoxy) is 2. The molecule has 4 bridgehead atoms. The van der Waals surface area contributed by atoms with Crippen molar-refractivity contribution in [1.82, 2.24) is 14.9 Å². The third-order valence-electron chi connectivity index (χ3n) is 8.07. The molecule has 1 aromatic heterocycles. The molecule has 0 aliphatic carbocycles. The first kappa shape index (κ1) is 36.6. The van der Waals surface area contributed by atoms with Gasteiger partial charge in [-0.2, -0.15) is 0 Å². The monoisotopic (exact) mass is 681 g/mol. The minimum Gasteiger partial charge on any atom is -0.491 e. The first-order valence-corrected chi connectivity index (χ1v) is 17.6. The van der Waals surface area contributed by atoms with Gasteiger partial charge in [-0.05, 0) is 72.1 Å². The molecule has 4 N–H and O–H groups in total. The predicted octanol–water partition coefficient (Wildman–Crippen LogP) is 5.99. The molecule has 3 heterocycles. The topological polar surface area (TPSA) is 174 Å². The van der Waals surface area contributed by atoms with Gasteiger partial charge in [-0.1, -0.05) is 43.5 Å². The van der Waals surface area contributed by atoms with Gasteiger partial charge in [0, 0.05) is 18.2 Å². The lowest BCUT2D eigenvalue weighted by Gasteiger charge is -2.27. The summed E-state index contributed by atoms with van der Waals surface area (Å²) in [6.45, 7) is 9.13. The Kier molecular flexibility index (Phi) is 11.4. The Labute approximate surface area is 283 Å². The van der Waals surface area contributed by atoms with Crippen LogP contribution in [0, 0.1) is 0 Å². The summed E-state index contributed by atoms with van der Waals surface area (Å²) in [5.74, 6) is -0.306. The van der Waals surface area contributed by atoms with Crippen LogP contribution in [0.25, 0.3) is 11.3 Å². The number of hydrogen-bond donors (Lipinski definition) is 3. The molecule has 2 aromatic carbocycles. The summed E-state index contributed by atoms with van der Waals surface area (Å²) < 4.78 is 37.7. The van der Waals surface area contributed by atoms with Crippen molar-refractivity contribution in [1.29, 1.82) is 0 Å². The summed E-state index contributed by atoms with van der Waals surface area (Å²) in [6.07, 6.45) is 3.75. The molecule has 13 heteroatoms. The number of para-hydroxylation sites is 1. The number of nitrogens with two attached hydrogens (primary N) is 1. The Morgan fingerprint density at radius 2 is 1.81 bits per heavy atom. The Hall–Kier alpha value is -4.23. The largest absolute Gasteiger partial charge is 0.491 e. The molecule has 0 radical (unpaired) electrons. The third kappa shape index (κ3) is 9.01. The van der Waals surface area contributed by atoms with E-state index in [1.165, 1.54) is 23.2 Å². The maximum atomic E-state index is 13.6. The zero-order valence-electron chi connectivity index (χ0n) is 28.6. The number of carbonyl (C=O) groups excluding carboxylic acids is 2. The third-order valence-corrected chi connectivity index (χ3v) is 10.6. The number of fused-ring (bicyclic) bond motifs is 13. The van der Waals surface area contributed by atoms with Gasteiger partial charge in [0.2, 0.25) is 0 Å². The highest BCUT2D eigenvalue weighted by Gasteiger charge is 2.37. The number of aliphatic hydroxyl groups excluding tert-OH is 1. The Morgan fingerprint density at radius 3 is 2.50 bits per heavy atom. The first-order chi connectivity index (χ1) is 22.5. The molecule has 1 atom stereocenters. The van der Waals surface area contributed by atoms with Crippen molar-refractivity contribution in [2.45, 2.75) is 101 Å². The number of rotatable bonds is 2. The van der Waals surface area contributed by atoms with Gasteiger partial charge in [0.05, 0.1) is 46.5 Å². The van der Waals surface area contributed by atoms with Gasteiger partial charge in [0.1, 0.15) is 11.4 Å². The molecule has 1 unspecified atom stereocenters. The molecule has 48 heavy (non-hydrogen) atoms. The molecular weight excluding hydrogens is 634 g/mol. The number of aliphatic hydroxyl groups is 1. The van der Waals surface area contributed by atoms with E-state index in [4.69, 9.17) is 15.2 Å². The fraction of sp³-hybridized carbons (Fsp3) is 0.486. The number of aromatic nitrogens is 2. The number of nitrogens with one attached hydrogen (secondary N) is 1. The van der Waals surface area contributed by atoms with Crippen molar-refractivity contribution >= 4 is 33.3 Å². The average Bonchev–Trinajstić information content (AvgIpc) is 3.00. The Bertz CT molecular complexity index is 1720. The summed E-state index contributed by atoms with van der Waals surface area (Å²) in [5, 5.41) is 13.6. The summed E-state index contributed by atoms with van der Waals surface area (Å²) in [4.78, 5) is 36.6. The van der Waals surface area contributed by atoms with Crippen LogP contribution in [-0.2, 0) is 21.1 Å². The van der Waals surface area contributed by atoms with Gasteiger partial charge < -0.3 is 30.5 Å². The second-order valence-electron chi connectivity index (χ2n) is 13.8. The summed E-state index contributed by atoms with van der Waals surface area (Å²) >= 11 is 0. The van der Waals surface area contributed by atoms with E-state index < -0.39 is 38.3 Å². The van der Waals surface area contributed by atoms with Crippen LogP contribution in [0.15, 0.2) is 53.6 Å². The van der Waals surface area contributed by atoms with E-state index in [1.54, 1.807) is 65.9 Å². The standard InChI is InChI=1S/C35H47N5O7S/c1-34(2,3)47-33(43)40(6)22-24-12-11-14-27-30(24)46-19-10-8-7-9-13-25(41)20-35(4,5)48(44,45)26-17-15-23(16-18-26)28-21-37-31(36)29(38-28)32(42)39-27/h11-12,14-18,21,25,41H,7-10,13,19-20,22H2,1-6H3,(H2,36,37)(H,39,42). The number of benzene rings is 2. The SMILES string of the molecule is CN(Cc1cccc2c1OCCCCCCC(O)CC(C)(C)S(=O)(=O)c1ccc(cc1)-c1cnc(N)c(n1)C(=O)N2)C(=O)OC(C)(C)C. The van der Waals surface area contributed by atoms with Crippen molar-refractivity contribution in [3.8, 4) is 17.0 Å². The molecule has 0 spiro atoms. The van der Waals surface area contributed by atoms with Crippen LogP contribution >= 0.6 is 0 Å². The fourth-order valence-electron chi connectivity index (χ4n) is 5.44. The van der Waals surface area contributed by atoms with Gasteiger partial charge in [-0.3, -0.25) is 4.79 Å². The van der Waals surface area contributed by atoms with E-state index in [9.17, 15) is 23.1 Å². The van der Waals surface area contributed by atoms with Gasteiger partial charge in [0.25, 0.3) is 5.91 Å². The number of anilines is 2. The molecular formula is C35H47N5O7S. The predicted molar refractivity (Wildman–Crippen MR) is 184 cm³/mol. The highest BCUT2D eigenvalue weighted by Crippen LogP contribution is 2.34. The van der Waals surface area contributed by atoms with Crippen LogP contribution in [0.4, 0.5) is 16.3 Å². The second-order valence-corrected chi connectivity index (χ2v) is 16.4. The number of amides is 2. The molecule has 3 aromatic rings. The molecule has 0 fully saturated rings. The fourth-order valence-corrected chi connectivity index (χ4v) is 6.98. The molecule has 5 rings (SSSR count). The van der Waals surface area contributed by atoms with Gasteiger partial charge in [0.15, 0.2) is 21.3 Å². The normalized spacial score (nSPS) is 18.6. The maximum Gasteiger partial charge on any atom is 0.410 e. The van der Waals surface area contributed by atoms with Crippen LogP contribution in [0.5, 0.6) is 5.75 Å². The van der Waals surface area contributed by atoms with Crippen molar-refractivity contribution in [3.63, 3.8) is 0 Å². The van der Waals surface area contributed by atoms with Crippen molar-refractivity contribution in [2.75, 3.05) is 24.7 Å². The minimum atomic E-state index is -3.78. The smallest absolute Gasteiger partial charge is 0.410 e. The van der Waals surface area contributed by atoms with E-state index in [0.717, 1.165) is 19.3 Å². The van der Waals surface area contributed by atoms with Crippen LogP contribution < -0.4 is 15.8 Å². The molecule has 12 nitrogen and oxygen atoms in total. The maximum absolute atomic E-state index is 13.6. The molecule has 2 amide bonds. The zero-order valence-corrected chi connectivity index (χ0v) is 29.4. The molecule has 2 aliphatic rings. The summed E-state index contributed by atoms with van der Waals surface area (Å²) in [5.41, 5.74) is 7.19. The Morgan fingerprint density at radius 1 is 1.12 bits per heavy atom. The number of carbonyl (C=O) groups is 2. The van der Waals surface area contributed by atoms with E-state index in [-0.39, 0.29) is 29.4 Å². The first-order valence-electron chi connectivity index (χ1n) is 16.1. The summed E-state index contributed by atoms with van der Waals surface area (Å²) in [7, 11) is -2.15. The second kappa shape index (κ2) is 14.9. The highest BCUT2D eigenvalue weighted by molar-refractivity contribution is 7.92. The van der Waals surface area contributed by atoms with E-state index in [2.05, 4.69) is 15.3 Å². The van der Waals surface area contributed by atoms with Gasteiger partial charge >= 0.3 is 6.09 Å². The van der Waals surface area contributed by atoms with Crippen LogP contribution in [0.1, 0.15) is 89.2 Å². The molecule has 260 valence electrons. The molecule has 0 saturated carbocycles. The lowest BCUT2D eigenvalue weighted by molar-refractivity contribution is 0.0284. The van der Waals surface area contributed by atoms with E-state index in [0.29, 0.717) is 47.7 Å². The lowest BCUT2D eigenvalue weighted by Crippen LogP contribution is -2.36. The average molecular weight is 682 g/mol. The van der Waals surface area contributed by atoms with Crippen LogP contribution in [0.2, 0.25) is 0 Å². The van der Waals surface area contributed by atoms with E-state index >= 15 is 0 Å². The number of nitrogens with zero attached hydrogens (tertiary/aromatic N) is 3. The molecule has 2 aliphatic heterocycles. The van der Waals surface area contributed by atoms with Gasteiger partial charge in [-0.15, -0.1) is 0 Å². The number of sulfone groups is 1. The van der Waals surface area contributed by atoms with Crippen molar-refractivity contribution < 1.29 is 32.6 Å². The number of nitrogen functional groups attached to an aromatic ring is 1. The van der Waals surface area contributed by atoms with Crippen molar-refractivity contribution in [3.05, 3.63) is 59.9 Å².